The topological polar surface area (TPSA) is 67.8 Å². The number of aliphatic imine (C=N–C) groups is 1. The molecule has 0 aliphatic heterocycles. The number of hydrogen-bond donors (Lipinski definition) is 2. The minimum absolute atomic E-state index is 0. The van der Waals surface area contributed by atoms with Crippen LogP contribution in [0.3, 0.4) is 0 Å². The summed E-state index contributed by atoms with van der Waals surface area (Å²) in [5.74, 6) is 2.12. The van der Waals surface area contributed by atoms with Gasteiger partial charge < -0.3 is 20.1 Å². The van der Waals surface area contributed by atoms with Crippen LogP contribution in [0.5, 0.6) is 11.5 Å². The first kappa shape index (κ1) is 21.5. The van der Waals surface area contributed by atoms with Crippen LogP contribution in [0.2, 0.25) is 0 Å². The number of aromatic nitrogens is 1. The molecule has 0 radical (unpaired) electrons. The van der Waals surface area contributed by atoms with Crippen LogP contribution >= 0.6 is 35.3 Å². The molecule has 0 unspecified atom stereocenters. The predicted molar refractivity (Wildman–Crippen MR) is 115 cm³/mol. The Morgan fingerprint density at radius 2 is 2.12 bits per heavy atom. The number of methoxy groups -OCH3 is 1. The highest BCUT2D eigenvalue weighted by molar-refractivity contribution is 14.0. The number of benzene rings is 1. The summed E-state index contributed by atoms with van der Waals surface area (Å²) in [5, 5.41) is 9.71. The Morgan fingerprint density at radius 3 is 2.72 bits per heavy atom. The van der Waals surface area contributed by atoms with Crippen molar-refractivity contribution in [2.24, 2.45) is 4.99 Å². The van der Waals surface area contributed by atoms with Crippen LogP contribution in [-0.2, 0) is 6.42 Å². The quantitative estimate of drug-likeness (QED) is 0.363. The highest BCUT2D eigenvalue weighted by atomic mass is 127. The van der Waals surface area contributed by atoms with Crippen LogP contribution in [0.4, 0.5) is 5.69 Å². The van der Waals surface area contributed by atoms with Crippen LogP contribution in [0, 0.1) is 6.92 Å². The Kier molecular flexibility index (Phi) is 9.58. The molecular formula is C17H25IN4O2S. The van der Waals surface area contributed by atoms with Crippen molar-refractivity contribution in [3.05, 3.63) is 34.3 Å². The summed E-state index contributed by atoms with van der Waals surface area (Å²) in [6.07, 6.45) is 0.859. The number of nitrogens with one attached hydrogen (secondary N) is 2. The van der Waals surface area contributed by atoms with Gasteiger partial charge in [-0.05, 0) is 26.0 Å². The van der Waals surface area contributed by atoms with Gasteiger partial charge in [-0.3, -0.25) is 4.99 Å². The standard InChI is InChI=1S/C17H24N4O2S.HI/c1-5-23-15-7-6-13(10-16(15)22-4)21-17(18-3)19-9-8-14-11-24-12(2)20-14;/h6-7,10-11H,5,8-9H2,1-4H3,(H2,18,19,21);1H. The van der Waals surface area contributed by atoms with Gasteiger partial charge in [0.25, 0.3) is 0 Å². The summed E-state index contributed by atoms with van der Waals surface area (Å²) < 4.78 is 10.9. The first-order valence-electron chi connectivity index (χ1n) is 7.85. The molecule has 1 aromatic carbocycles. The predicted octanol–water partition coefficient (Wildman–Crippen LogP) is 3.71. The van der Waals surface area contributed by atoms with Gasteiger partial charge in [0.2, 0.25) is 0 Å². The molecule has 0 aliphatic rings. The third-order valence-corrected chi connectivity index (χ3v) is 4.11. The van der Waals surface area contributed by atoms with Crippen molar-refractivity contribution in [2.45, 2.75) is 20.3 Å². The van der Waals surface area contributed by atoms with Gasteiger partial charge in [-0.1, -0.05) is 0 Å². The molecule has 0 atom stereocenters. The smallest absolute Gasteiger partial charge is 0.195 e. The zero-order valence-corrected chi connectivity index (χ0v) is 18.1. The van der Waals surface area contributed by atoms with Gasteiger partial charge in [0.1, 0.15) is 0 Å². The second kappa shape index (κ2) is 11.1. The maximum absolute atomic E-state index is 5.53. The van der Waals surface area contributed by atoms with Crippen molar-refractivity contribution in [1.82, 2.24) is 10.3 Å². The average Bonchev–Trinajstić information content (AvgIpc) is 3.00. The Labute approximate surface area is 170 Å². The monoisotopic (exact) mass is 476 g/mol. The molecule has 6 nitrogen and oxygen atoms in total. The third-order valence-electron chi connectivity index (χ3n) is 3.29. The number of guanidine groups is 1. The lowest BCUT2D eigenvalue weighted by molar-refractivity contribution is 0.311. The van der Waals surface area contributed by atoms with Crippen molar-refractivity contribution >= 4 is 47.0 Å². The average molecular weight is 476 g/mol. The second-order valence-electron chi connectivity index (χ2n) is 5.03. The fourth-order valence-electron chi connectivity index (χ4n) is 2.17. The molecule has 0 saturated heterocycles. The first-order chi connectivity index (χ1) is 11.7. The van der Waals surface area contributed by atoms with Crippen molar-refractivity contribution in [1.29, 1.82) is 0 Å². The summed E-state index contributed by atoms with van der Waals surface area (Å²) in [6, 6.07) is 5.71. The van der Waals surface area contributed by atoms with Crippen molar-refractivity contribution < 1.29 is 9.47 Å². The lowest BCUT2D eigenvalue weighted by atomic mass is 10.2. The lowest BCUT2D eigenvalue weighted by Crippen LogP contribution is -2.32. The van der Waals surface area contributed by atoms with E-state index in [1.54, 1.807) is 25.5 Å². The molecule has 2 rings (SSSR count). The Morgan fingerprint density at radius 1 is 1.32 bits per heavy atom. The molecule has 0 bridgehead atoms. The van der Waals surface area contributed by atoms with E-state index >= 15 is 0 Å². The second-order valence-corrected chi connectivity index (χ2v) is 6.09. The molecule has 25 heavy (non-hydrogen) atoms. The van der Waals surface area contributed by atoms with Gasteiger partial charge in [0.05, 0.1) is 24.4 Å². The Hall–Kier alpha value is -1.55. The van der Waals surface area contributed by atoms with Crippen LogP contribution in [-0.4, -0.2) is 38.3 Å². The number of nitrogens with zero attached hydrogens (tertiary/aromatic N) is 2. The van der Waals surface area contributed by atoms with Crippen LogP contribution < -0.4 is 20.1 Å². The van der Waals surface area contributed by atoms with Gasteiger partial charge in [-0.2, -0.15) is 0 Å². The zero-order valence-electron chi connectivity index (χ0n) is 15.0. The molecule has 1 heterocycles. The number of halogens is 1. The van der Waals surface area contributed by atoms with E-state index in [1.807, 2.05) is 32.0 Å². The van der Waals surface area contributed by atoms with E-state index in [-0.39, 0.29) is 24.0 Å². The maximum Gasteiger partial charge on any atom is 0.195 e. The van der Waals surface area contributed by atoms with Crippen LogP contribution in [0.1, 0.15) is 17.6 Å². The van der Waals surface area contributed by atoms with Gasteiger partial charge >= 0.3 is 0 Å². The number of rotatable bonds is 7. The van der Waals surface area contributed by atoms with E-state index in [9.17, 15) is 0 Å². The van der Waals surface area contributed by atoms with E-state index in [1.165, 1.54) is 0 Å². The molecule has 0 aliphatic carbocycles. The molecule has 2 aromatic rings. The van der Waals surface area contributed by atoms with Crippen LogP contribution in [0.15, 0.2) is 28.6 Å². The number of thiazole rings is 1. The van der Waals surface area contributed by atoms with Crippen molar-refractivity contribution in [3.8, 4) is 11.5 Å². The van der Waals surface area contributed by atoms with E-state index in [2.05, 4.69) is 26.0 Å². The van der Waals surface area contributed by atoms with E-state index in [0.717, 1.165) is 35.1 Å². The molecule has 0 amide bonds. The van der Waals surface area contributed by atoms with Gasteiger partial charge in [-0.15, -0.1) is 35.3 Å². The first-order valence-corrected chi connectivity index (χ1v) is 8.73. The van der Waals surface area contributed by atoms with E-state index < -0.39 is 0 Å². The number of anilines is 1. The van der Waals surface area contributed by atoms with Gasteiger partial charge in [-0.25, -0.2) is 4.98 Å². The number of aryl methyl sites for hydroxylation is 1. The largest absolute Gasteiger partial charge is 0.493 e. The minimum atomic E-state index is 0. The fourth-order valence-corrected chi connectivity index (χ4v) is 2.82. The highest BCUT2D eigenvalue weighted by Gasteiger charge is 2.07. The lowest BCUT2D eigenvalue weighted by Gasteiger charge is -2.14. The summed E-state index contributed by atoms with van der Waals surface area (Å²) >= 11 is 1.67. The maximum atomic E-state index is 5.53. The third kappa shape index (κ3) is 6.69. The summed E-state index contributed by atoms with van der Waals surface area (Å²) in [5.41, 5.74) is 1.98. The van der Waals surface area contributed by atoms with Crippen molar-refractivity contribution in [2.75, 3.05) is 32.6 Å². The molecule has 138 valence electrons. The molecule has 0 saturated carbocycles. The van der Waals surface area contributed by atoms with E-state index in [4.69, 9.17) is 9.47 Å². The Balaban J connectivity index is 0.00000312. The summed E-state index contributed by atoms with van der Waals surface area (Å²) in [6.45, 7) is 5.32. The summed E-state index contributed by atoms with van der Waals surface area (Å²) in [7, 11) is 3.37. The van der Waals surface area contributed by atoms with Crippen molar-refractivity contribution in [3.63, 3.8) is 0 Å². The van der Waals surface area contributed by atoms with Gasteiger partial charge in [0, 0.05) is 37.1 Å². The zero-order chi connectivity index (χ0) is 17.4. The number of hydrogen-bond acceptors (Lipinski definition) is 5. The van der Waals surface area contributed by atoms with Crippen LogP contribution in [0.25, 0.3) is 0 Å². The molecule has 2 N–H and O–H groups in total. The summed E-state index contributed by atoms with van der Waals surface area (Å²) in [4.78, 5) is 8.69. The van der Waals surface area contributed by atoms with Gasteiger partial charge in [0.15, 0.2) is 17.5 Å². The Bertz CT molecular complexity index is 691. The highest BCUT2D eigenvalue weighted by Crippen LogP contribution is 2.30. The minimum Gasteiger partial charge on any atom is -0.493 e. The molecule has 0 spiro atoms. The normalized spacial score (nSPS) is 10.8. The molecule has 0 fully saturated rings. The molecule has 1 aromatic heterocycles. The SMILES string of the molecule is CCOc1ccc(NC(=NC)NCCc2csc(C)n2)cc1OC.I. The number of ether oxygens (including phenoxy) is 2. The molecule has 8 heteroatoms. The fraction of sp³-hybridized carbons (Fsp3) is 0.412. The molecular weight excluding hydrogens is 451 g/mol. The van der Waals surface area contributed by atoms with E-state index in [0.29, 0.717) is 18.3 Å².